The van der Waals surface area contributed by atoms with Crippen LogP contribution in [0.5, 0.6) is 11.5 Å². The number of likely N-dealkylation sites (N-methyl/N-ethyl adjacent to an activating group) is 1. The number of nitrogens with one attached hydrogen (secondary N) is 2. The molecule has 3 aliphatic heterocycles. The fraction of sp³-hybridized carbons (Fsp3) is 0.529. The van der Waals surface area contributed by atoms with Gasteiger partial charge in [-0.1, -0.05) is 0 Å². The van der Waals surface area contributed by atoms with Crippen LogP contribution in [0.2, 0.25) is 0 Å². The van der Waals surface area contributed by atoms with Crippen molar-refractivity contribution in [1.29, 1.82) is 0 Å². The summed E-state index contributed by atoms with van der Waals surface area (Å²) < 4.78 is 40.2. The molecule has 4 aliphatic rings. The van der Waals surface area contributed by atoms with Gasteiger partial charge >= 0.3 is 0 Å². The zero-order valence-corrected chi connectivity index (χ0v) is 30.5. The molecule has 0 atom stereocenters. The van der Waals surface area contributed by atoms with E-state index >= 15 is 0 Å². The maximum atomic E-state index is 13.2. The molecule has 7 rings (SSSR count). The number of methoxy groups -OCH3 is 1. The van der Waals surface area contributed by atoms with Crippen molar-refractivity contribution in [2.75, 3.05) is 86.9 Å². The Morgan fingerprint density at radius 2 is 1.75 bits per heavy atom. The van der Waals surface area contributed by atoms with Crippen molar-refractivity contribution in [2.45, 2.75) is 50.3 Å². The molecule has 4 heterocycles. The first-order valence-corrected chi connectivity index (χ1v) is 19.1. The highest BCUT2D eigenvalue weighted by Gasteiger charge is 2.40. The van der Waals surface area contributed by atoms with E-state index in [4.69, 9.17) is 14.5 Å². The normalized spacial score (nSPS) is 19.1. The second-order valence-electron chi connectivity index (χ2n) is 13.3. The van der Waals surface area contributed by atoms with Gasteiger partial charge in [0.05, 0.1) is 40.5 Å². The lowest BCUT2D eigenvalue weighted by molar-refractivity contribution is 0.0982. The first kappa shape index (κ1) is 33.2. The van der Waals surface area contributed by atoms with Gasteiger partial charge < -0.3 is 29.9 Å². The van der Waals surface area contributed by atoms with Gasteiger partial charge in [0.2, 0.25) is 16.0 Å². The molecule has 0 bridgehead atoms. The van der Waals surface area contributed by atoms with E-state index < -0.39 is 10.0 Å². The Morgan fingerprint density at radius 1 is 1.00 bits per heavy atom. The Bertz CT molecular complexity index is 1770. The largest absolute Gasteiger partial charge is 0.494 e. The van der Waals surface area contributed by atoms with E-state index in [9.17, 15) is 8.42 Å². The molecule has 2 N–H and O–H groups in total. The molecule has 1 aliphatic carbocycles. The Kier molecular flexibility index (Phi) is 9.35. The minimum atomic E-state index is -3.47. The number of piperidine rings is 1. The minimum Gasteiger partial charge on any atom is -0.494 e. The van der Waals surface area contributed by atoms with Crippen molar-refractivity contribution in [3.05, 3.63) is 46.1 Å². The number of piperazine rings is 1. The third kappa shape index (κ3) is 6.76. The van der Waals surface area contributed by atoms with Crippen molar-refractivity contribution < 1.29 is 17.9 Å². The molecule has 2 aromatic carbocycles. The lowest BCUT2D eigenvalue weighted by Crippen LogP contribution is -2.52. The SMILES string of the molecule is COc1cc(N2CCC(N3CCN(C)CC3)CC2)c(C)cc1Nc1ncc(Br)c(Nc2cc3c(cc2N(C)S(=O)(=O)C2CC2)CCO3)n1. The van der Waals surface area contributed by atoms with Gasteiger partial charge in [0, 0.05) is 82.8 Å². The van der Waals surface area contributed by atoms with Gasteiger partial charge in [-0.15, -0.1) is 0 Å². The van der Waals surface area contributed by atoms with E-state index in [1.807, 2.05) is 12.1 Å². The van der Waals surface area contributed by atoms with Crippen molar-refractivity contribution in [2.24, 2.45) is 0 Å². The van der Waals surface area contributed by atoms with Crippen molar-refractivity contribution >= 4 is 60.5 Å². The van der Waals surface area contributed by atoms with Gasteiger partial charge in [-0.2, -0.15) is 4.98 Å². The van der Waals surface area contributed by atoms with Gasteiger partial charge in [-0.3, -0.25) is 9.21 Å². The van der Waals surface area contributed by atoms with E-state index in [2.05, 4.69) is 72.4 Å². The molecular formula is C34H45BrN8O4S. The average Bonchev–Trinajstić information content (AvgIpc) is 3.85. The number of benzene rings is 2. The lowest BCUT2D eigenvalue weighted by Gasteiger charge is -2.43. The third-order valence-electron chi connectivity index (χ3n) is 10.1. The molecule has 0 spiro atoms. The summed E-state index contributed by atoms with van der Waals surface area (Å²) in [4.78, 5) is 16.9. The van der Waals surface area contributed by atoms with Crippen molar-refractivity contribution in [3.8, 4) is 11.5 Å². The van der Waals surface area contributed by atoms with E-state index in [1.54, 1.807) is 20.4 Å². The smallest absolute Gasteiger partial charge is 0.237 e. The first-order valence-electron chi connectivity index (χ1n) is 16.8. The standard InChI is InChI=1S/C34H45BrN8O4S/c1-22-17-28(32(46-4)20-29(22)43-10-7-24(8-11-43)42-14-12-40(2)13-15-42)38-34-36-21-26(35)33(39-34)37-27-19-31-23(9-16-47-31)18-30(27)41(3)48(44,45)25-5-6-25/h17-21,24-25H,5-16H2,1-4H3,(H2,36,37,38,39). The molecular weight excluding hydrogens is 696 g/mol. The van der Waals surface area contributed by atoms with E-state index in [1.165, 1.54) is 9.99 Å². The van der Waals surface area contributed by atoms with Gasteiger partial charge in [-0.05, 0) is 78.8 Å². The zero-order valence-electron chi connectivity index (χ0n) is 28.1. The second kappa shape index (κ2) is 13.5. The quantitative estimate of drug-likeness (QED) is 0.289. The molecule has 1 aromatic heterocycles. The molecule has 0 amide bonds. The van der Waals surface area contributed by atoms with E-state index in [-0.39, 0.29) is 5.25 Å². The van der Waals surface area contributed by atoms with Crippen LogP contribution < -0.4 is 29.3 Å². The maximum absolute atomic E-state index is 13.2. The molecule has 14 heteroatoms. The van der Waals surface area contributed by atoms with E-state index in [0.29, 0.717) is 58.9 Å². The summed E-state index contributed by atoms with van der Waals surface area (Å²) in [6, 6.07) is 8.62. The van der Waals surface area contributed by atoms with Crippen LogP contribution in [0.25, 0.3) is 0 Å². The van der Waals surface area contributed by atoms with E-state index in [0.717, 1.165) is 81.1 Å². The van der Waals surface area contributed by atoms with Gasteiger partial charge in [0.25, 0.3) is 0 Å². The summed E-state index contributed by atoms with van der Waals surface area (Å²) in [6.07, 6.45) is 6.11. The summed E-state index contributed by atoms with van der Waals surface area (Å²) >= 11 is 3.58. The number of hydrogen-bond donors (Lipinski definition) is 2. The predicted octanol–water partition coefficient (Wildman–Crippen LogP) is 5.12. The summed E-state index contributed by atoms with van der Waals surface area (Å²) in [7, 11) is 2.04. The number of ether oxygens (including phenoxy) is 2. The molecule has 0 radical (unpaired) electrons. The van der Waals surface area contributed by atoms with Crippen LogP contribution >= 0.6 is 15.9 Å². The molecule has 258 valence electrons. The number of halogens is 1. The molecule has 0 unspecified atom stereocenters. The number of fused-ring (bicyclic) bond motifs is 1. The summed E-state index contributed by atoms with van der Waals surface area (Å²) in [6.45, 7) is 9.35. The van der Waals surface area contributed by atoms with Crippen LogP contribution in [-0.2, 0) is 16.4 Å². The third-order valence-corrected chi connectivity index (χ3v) is 12.9. The molecule has 12 nitrogen and oxygen atoms in total. The predicted molar refractivity (Wildman–Crippen MR) is 194 cm³/mol. The number of sulfonamides is 1. The summed E-state index contributed by atoms with van der Waals surface area (Å²) in [5.74, 6) is 2.31. The number of nitrogens with zero attached hydrogens (tertiary/aromatic N) is 6. The van der Waals surface area contributed by atoms with Crippen molar-refractivity contribution in [1.82, 2.24) is 19.8 Å². The fourth-order valence-corrected chi connectivity index (χ4v) is 8.90. The van der Waals surface area contributed by atoms with Crippen LogP contribution in [0.4, 0.5) is 34.5 Å². The monoisotopic (exact) mass is 740 g/mol. The number of hydrogen-bond acceptors (Lipinski definition) is 11. The van der Waals surface area contributed by atoms with Crippen LogP contribution in [0.15, 0.2) is 34.9 Å². The zero-order chi connectivity index (χ0) is 33.6. The van der Waals surface area contributed by atoms with Crippen LogP contribution in [-0.4, -0.2) is 107 Å². The summed E-state index contributed by atoms with van der Waals surface area (Å²) in [5.41, 5.74) is 5.23. The average molecular weight is 742 g/mol. The molecule has 2 saturated heterocycles. The number of anilines is 6. The number of aryl methyl sites for hydroxylation is 1. The highest BCUT2D eigenvalue weighted by atomic mass is 79.9. The maximum Gasteiger partial charge on any atom is 0.237 e. The lowest BCUT2D eigenvalue weighted by atomic mass is 10.0. The van der Waals surface area contributed by atoms with Crippen LogP contribution in [0.1, 0.15) is 36.8 Å². The summed E-state index contributed by atoms with van der Waals surface area (Å²) in [5, 5.41) is 6.39. The fourth-order valence-electron chi connectivity index (χ4n) is 7.01. The number of rotatable bonds is 10. The Labute approximate surface area is 292 Å². The number of aromatic nitrogens is 2. The Balaban J connectivity index is 1.09. The van der Waals surface area contributed by atoms with Crippen molar-refractivity contribution in [3.63, 3.8) is 0 Å². The van der Waals surface area contributed by atoms with Gasteiger partial charge in [0.15, 0.2) is 0 Å². The first-order chi connectivity index (χ1) is 23.1. The van der Waals surface area contributed by atoms with Gasteiger partial charge in [-0.25, -0.2) is 13.4 Å². The second-order valence-corrected chi connectivity index (χ2v) is 16.4. The molecule has 3 fully saturated rings. The van der Waals surface area contributed by atoms with Crippen LogP contribution in [0.3, 0.4) is 0 Å². The molecule has 3 aromatic rings. The van der Waals surface area contributed by atoms with Crippen LogP contribution in [0, 0.1) is 6.92 Å². The van der Waals surface area contributed by atoms with Gasteiger partial charge in [0.1, 0.15) is 17.3 Å². The highest BCUT2D eigenvalue weighted by Crippen LogP contribution is 2.42. The Hall–Kier alpha value is -3.33. The highest BCUT2D eigenvalue weighted by molar-refractivity contribution is 9.10. The topological polar surface area (TPSA) is 115 Å². The molecule has 1 saturated carbocycles. The Morgan fingerprint density at radius 3 is 2.46 bits per heavy atom. The molecule has 48 heavy (non-hydrogen) atoms. The minimum absolute atomic E-state index is 0.333.